The molecule has 0 aliphatic carbocycles. The molecule has 6 N–H and O–H groups in total. The van der Waals surface area contributed by atoms with Gasteiger partial charge in [0.2, 0.25) is 5.96 Å². The van der Waals surface area contributed by atoms with Gasteiger partial charge in [-0.05, 0) is 0 Å². The zero-order chi connectivity index (χ0) is 16.9. The van der Waals surface area contributed by atoms with E-state index < -0.39 is 5.66 Å². The van der Waals surface area contributed by atoms with Crippen LogP contribution in [0.3, 0.4) is 0 Å². The second kappa shape index (κ2) is 5.71. The number of aryl methyl sites for hydroxylation is 1. The molecule has 0 saturated carbocycles. The highest BCUT2D eigenvalue weighted by atomic mass is 35.5. The number of aliphatic imine (C=N–C) groups is 1. The molecule has 0 amide bonds. The maximum Gasteiger partial charge on any atom is 0.202 e. The number of halogens is 1. The van der Waals surface area contributed by atoms with Gasteiger partial charge in [-0.3, -0.25) is 4.68 Å². The number of hydrogen-bond donors (Lipinski definition) is 4. The SMILES string of the molecule is Cn1cc(NC2=NC(N)(C3COC4C(N)COC43)C(Cl)=CN2)cn1. The lowest BCUT2D eigenvalue weighted by atomic mass is 9.87. The predicted octanol–water partition coefficient (Wildman–Crippen LogP) is -0.732. The first kappa shape index (κ1) is 15.9. The smallest absolute Gasteiger partial charge is 0.202 e. The van der Waals surface area contributed by atoms with Crippen molar-refractivity contribution in [2.45, 2.75) is 23.9 Å². The maximum absolute atomic E-state index is 6.57. The average Bonchev–Trinajstić information content (AvgIpc) is 3.22. The van der Waals surface area contributed by atoms with Gasteiger partial charge in [0.1, 0.15) is 6.10 Å². The fourth-order valence-corrected chi connectivity index (χ4v) is 3.61. The Hall–Kier alpha value is -1.65. The molecule has 9 nitrogen and oxygen atoms in total. The quantitative estimate of drug-likeness (QED) is 0.552. The number of anilines is 1. The van der Waals surface area contributed by atoms with E-state index in [-0.39, 0.29) is 24.2 Å². The average molecular weight is 354 g/mol. The van der Waals surface area contributed by atoms with Crippen molar-refractivity contribution in [2.24, 2.45) is 29.4 Å². The Morgan fingerprint density at radius 1 is 1.42 bits per heavy atom. The predicted molar refractivity (Wildman–Crippen MR) is 89.2 cm³/mol. The third kappa shape index (κ3) is 2.49. The van der Waals surface area contributed by atoms with Crippen molar-refractivity contribution in [3.05, 3.63) is 23.6 Å². The molecule has 3 aliphatic rings. The molecule has 1 aromatic heterocycles. The molecule has 10 heteroatoms. The monoisotopic (exact) mass is 353 g/mol. The second-order valence-electron chi connectivity index (χ2n) is 6.32. The van der Waals surface area contributed by atoms with Crippen molar-refractivity contribution in [3.63, 3.8) is 0 Å². The summed E-state index contributed by atoms with van der Waals surface area (Å²) in [6.07, 6.45) is 4.77. The van der Waals surface area contributed by atoms with Crippen LogP contribution in [-0.4, -0.2) is 52.9 Å². The number of aromatic nitrogens is 2. The topological polar surface area (TPSA) is 125 Å². The molecule has 0 radical (unpaired) electrons. The van der Waals surface area contributed by atoms with Gasteiger partial charge in [0, 0.05) is 19.4 Å². The van der Waals surface area contributed by atoms with Crippen LogP contribution in [0.15, 0.2) is 28.6 Å². The highest BCUT2D eigenvalue weighted by molar-refractivity contribution is 6.31. The van der Waals surface area contributed by atoms with E-state index in [1.165, 1.54) is 0 Å². The number of ether oxygens (including phenoxy) is 2. The van der Waals surface area contributed by atoms with Crippen molar-refractivity contribution < 1.29 is 9.47 Å². The number of fused-ring (bicyclic) bond motifs is 1. The molecule has 130 valence electrons. The Morgan fingerprint density at radius 3 is 2.96 bits per heavy atom. The highest BCUT2D eigenvalue weighted by Crippen LogP contribution is 2.41. The summed E-state index contributed by atoms with van der Waals surface area (Å²) in [5.74, 6) is 0.272. The van der Waals surface area contributed by atoms with Gasteiger partial charge in [-0.1, -0.05) is 11.6 Å². The van der Waals surface area contributed by atoms with E-state index in [1.54, 1.807) is 17.1 Å². The van der Waals surface area contributed by atoms with Crippen LogP contribution in [0.4, 0.5) is 5.69 Å². The zero-order valence-electron chi connectivity index (χ0n) is 13.1. The van der Waals surface area contributed by atoms with E-state index in [0.717, 1.165) is 5.69 Å². The first-order chi connectivity index (χ1) is 11.5. The summed E-state index contributed by atoms with van der Waals surface area (Å²) < 4.78 is 13.3. The molecule has 4 rings (SSSR count). The summed E-state index contributed by atoms with van der Waals surface area (Å²) in [4.78, 5) is 4.60. The van der Waals surface area contributed by atoms with Crippen LogP contribution in [0.25, 0.3) is 0 Å². The molecule has 0 aromatic carbocycles. The van der Waals surface area contributed by atoms with E-state index in [9.17, 15) is 0 Å². The fourth-order valence-electron chi connectivity index (χ4n) is 3.37. The highest BCUT2D eigenvalue weighted by Gasteiger charge is 2.55. The van der Waals surface area contributed by atoms with Gasteiger partial charge in [-0.2, -0.15) is 5.10 Å². The zero-order valence-corrected chi connectivity index (χ0v) is 13.9. The van der Waals surface area contributed by atoms with Gasteiger partial charge in [0.15, 0.2) is 5.66 Å². The van der Waals surface area contributed by atoms with Gasteiger partial charge in [0.25, 0.3) is 0 Å². The number of guanidine groups is 1. The van der Waals surface area contributed by atoms with Crippen LogP contribution in [-0.2, 0) is 16.5 Å². The minimum absolute atomic E-state index is 0.148. The molecule has 4 heterocycles. The standard InChI is InChI=1S/C14H20ClN7O2/c1-22-4-7(2-19-22)20-13-18-3-10(15)14(17,21-13)8-5-23-12-9(16)6-24-11(8)12/h2-4,8-9,11-12H,5-6,16-17H2,1H3,(H2,18,20,21). The van der Waals surface area contributed by atoms with E-state index in [0.29, 0.717) is 24.2 Å². The summed E-state index contributed by atoms with van der Waals surface area (Å²) in [5, 5.41) is 10.6. The molecular formula is C14H20ClN7O2. The van der Waals surface area contributed by atoms with Gasteiger partial charge < -0.3 is 31.6 Å². The summed E-state index contributed by atoms with van der Waals surface area (Å²) in [6, 6.07) is -0.148. The number of nitrogens with one attached hydrogen (secondary N) is 2. The minimum Gasteiger partial charge on any atom is -0.373 e. The Bertz CT molecular complexity index is 705. The maximum atomic E-state index is 6.57. The third-order valence-corrected chi connectivity index (χ3v) is 5.05. The third-order valence-electron chi connectivity index (χ3n) is 4.64. The van der Waals surface area contributed by atoms with Crippen molar-refractivity contribution in [1.82, 2.24) is 15.1 Å². The van der Waals surface area contributed by atoms with Gasteiger partial charge in [-0.15, -0.1) is 0 Å². The molecular weight excluding hydrogens is 334 g/mol. The first-order valence-electron chi connectivity index (χ1n) is 7.73. The Morgan fingerprint density at radius 2 is 2.21 bits per heavy atom. The molecule has 0 bridgehead atoms. The lowest BCUT2D eigenvalue weighted by Gasteiger charge is -2.36. The summed E-state index contributed by atoms with van der Waals surface area (Å²) in [7, 11) is 1.84. The molecule has 24 heavy (non-hydrogen) atoms. The molecule has 0 spiro atoms. The van der Waals surface area contributed by atoms with Crippen LogP contribution >= 0.6 is 11.6 Å². The van der Waals surface area contributed by atoms with Crippen LogP contribution in [0, 0.1) is 5.92 Å². The minimum atomic E-state index is -1.14. The van der Waals surface area contributed by atoms with Crippen LogP contribution in [0.5, 0.6) is 0 Å². The number of rotatable bonds is 2. The van der Waals surface area contributed by atoms with Gasteiger partial charge >= 0.3 is 0 Å². The first-order valence-corrected chi connectivity index (χ1v) is 8.11. The summed E-state index contributed by atoms with van der Waals surface area (Å²) in [5.41, 5.74) is 12.2. The van der Waals surface area contributed by atoms with Crippen LogP contribution in [0.1, 0.15) is 0 Å². The number of hydrogen-bond acceptors (Lipinski definition) is 8. The van der Waals surface area contributed by atoms with Crippen LogP contribution < -0.4 is 22.1 Å². The Kier molecular flexibility index (Phi) is 3.77. The van der Waals surface area contributed by atoms with Crippen LogP contribution in [0.2, 0.25) is 0 Å². The fraction of sp³-hybridized carbons (Fsp3) is 0.571. The van der Waals surface area contributed by atoms with E-state index in [4.69, 9.17) is 32.5 Å². The normalized spacial score (nSPS) is 38.3. The summed E-state index contributed by atoms with van der Waals surface area (Å²) in [6.45, 7) is 0.846. The molecule has 5 atom stereocenters. The number of nitrogens with two attached hydrogens (primary N) is 2. The van der Waals surface area contributed by atoms with Crippen molar-refractivity contribution >= 4 is 23.2 Å². The lowest BCUT2D eigenvalue weighted by molar-refractivity contribution is 0.0517. The summed E-state index contributed by atoms with van der Waals surface area (Å²) >= 11 is 6.38. The molecule has 2 saturated heterocycles. The van der Waals surface area contributed by atoms with Crippen molar-refractivity contribution in [1.29, 1.82) is 0 Å². The van der Waals surface area contributed by atoms with Crippen molar-refractivity contribution in [3.8, 4) is 0 Å². The molecule has 5 unspecified atom stereocenters. The van der Waals surface area contributed by atoms with Gasteiger partial charge in [-0.25, -0.2) is 4.99 Å². The van der Waals surface area contributed by atoms with Gasteiger partial charge in [0.05, 0.1) is 48.2 Å². The largest absolute Gasteiger partial charge is 0.373 e. The Labute approximate surface area is 144 Å². The second-order valence-corrected chi connectivity index (χ2v) is 6.72. The number of nitrogens with zero attached hydrogens (tertiary/aromatic N) is 3. The molecule has 1 aromatic rings. The van der Waals surface area contributed by atoms with E-state index >= 15 is 0 Å². The van der Waals surface area contributed by atoms with Crippen molar-refractivity contribution in [2.75, 3.05) is 18.5 Å². The molecule has 2 fully saturated rings. The van der Waals surface area contributed by atoms with E-state index in [1.807, 2.05) is 13.2 Å². The van der Waals surface area contributed by atoms with E-state index in [2.05, 4.69) is 20.7 Å². The lowest BCUT2D eigenvalue weighted by Crippen LogP contribution is -2.55. The molecule has 3 aliphatic heterocycles. The Balaban J connectivity index is 1.59.